The Labute approximate surface area is 210 Å². The topological polar surface area (TPSA) is 94.0 Å². The third kappa shape index (κ3) is 5.35. The van der Waals surface area contributed by atoms with Crippen molar-refractivity contribution in [3.63, 3.8) is 0 Å². The number of hydrogen-bond donors (Lipinski definition) is 0. The van der Waals surface area contributed by atoms with Crippen molar-refractivity contribution in [2.45, 2.75) is 32.7 Å². The average molecular weight is 493 g/mol. The van der Waals surface area contributed by atoms with Gasteiger partial charge in [0.25, 0.3) is 11.5 Å². The van der Waals surface area contributed by atoms with Crippen molar-refractivity contribution in [2.24, 2.45) is 0 Å². The Kier molecular flexibility index (Phi) is 7.87. The van der Waals surface area contributed by atoms with E-state index < -0.39 is 0 Å². The van der Waals surface area contributed by atoms with E-state index in [1.54, 1.807) is 21.9 Å². The molecule has 2 amide bonds. The molecule has 190 valence electrons. The molecule has 0 saturated carbocycles. The van der Waals surface area contributed by atoms with Gasteiger partial charge in [-0.1, -0.05) is 19.1 Å². The predicted molar refractivity (Wildman–Crippen MR) is 137 cm³/mol. The van der Waals surface area contributed by atoms with E-state index in [2.05, 4.69) is 11.9 Å². The average Bonchev–Trinajstić information content (AvgIpc) is 2.93. The second-order valence-corrected chi connectivity index (χ2v) is 8.79. The minimum absolute atomic E-state index is 0.00202. The van der Waals surface area contributed by atoms with Gasteiger partial charge in [-0.2, -0.15) is 0 Å². The summed E-state index contributed by atoms with van der Waals surface area (Å²) in [5.41, 5.74) is 2.22. The molecular formula is C27H32N4O5. The molecule has 0 bridgehead atoms. The predicted octanol–water partition coefficient (Wildman–Crippen LogP) is 2.74. The number of aromatic nitrogens is 2. The fraction of sp³-hybridized carbons (Fsp3) is 0.407. The lowest BCUT2D eigenvalue weighted by atomic mass is 10.1. The van der Waals surface area contributed by atoms with Crippen molar-refractivity contribution < 1.29 is 19.1 Å². The summed E-state index contributed by atoms with van der Waals surface area (Å²) in [6.07, 6.45) is 3.27. The quantitative estimate of drug-likeness (QED) is 0.480. The minimum atomic E-state index is -0.188. The highest BCUT2D eigenvalue weighted by Crippen LogP contribution is 2.29. The van der Waals surface area contributed by atoms with Crippen molar-refractivity contribution >= 4 is 22.7 Å². The fourth-order valence-corrected chi connectivity index (χ4v) is 4.43. The molecule has 9 nitrogen and oxygen atoms in total. The maximum Gasteiger partial charge on any atom is 0.261 e. The van der Waals surface area contributed by atoms with Crippen molar-refractivity contribution in [1.29, 1.82) is 0 Å². The van der Waals surface area contributed by atoms with Gasteiger partial charge in [-0.25, -0.2) is 4.98 Å². The molecule has 2 aromatic carbocycles. The summed E-state index contributed by atoms with van der Waals surface area (Å²) < 4.78 is 12.1. The third-order valence-electron chi connectivity index (χ3n) is 6.65. The number of nitrogens with zero attached hydrogens (tertiary/aromatic N) is 4. The first-order valence-corrected chi connectivity index (χ1v) is 12.2. The van der Waals surface area contributed by atoms with Gasteiger partial charge in [0.2, 0.25) is 5.91 Å². The van der Waals surface area contributed by atoms with E-state index >= 15 is 0 Å². The Morgan fingerprint density at radius 1 is 0.944 bits per heavy atom. The van der Waals surface area contributed by atoms with Gasteiger partial charge in [0.15, 0.2) is 11.5 Å². The van der Waals surface area contributed by atoms with E-state index in [1.807, 2.05) is 24.3 Å². The highest BCUT2D eigenvalue weighted by molar-refractivity contribution is 5.94. The summed E-state index contributed by atoms with van der Waals surface area (Å²) in [4.78, 5) is 46.4. The number of fused-ring (bicyclic) bond motifs is 1. The van der Waals surface area contributed by atoms with Crippen LogP contribution in [0.2, 0.25) is 0 Å². The molecule has 0 atom stereocenters. The molecule has 0 unspecified atom stereocenters. The number of methoxy groups -OCH3 is 2. The van der Waals surface area contributed by atoms with Crippen LogP contribution in [0.4, 0.5) is 0 Å². The van der Waals surface area contributed by atoms with Crippen LogP contribution < -0.4 is 15.0 Å². The normalized spacial score (nSPS) is 13.6. The molecule has 0 radical (unpaired) electrons. The first-order valence-electron chi connectivity index (χ1n) is 12.2. The van der Waals surface area contributed by atoms with Gasteiger partial charge in [0.05, 0.1) is 31.4 Å². The number of amides is 2. The number of carbonyl (C=O) groups is 2. The molecule has 9 heteroatoms. The summed E-state index contributed by atoms with van der Waals surface area (Å²) in [5.74, 6) is 1.01. The molecule has 3 aromatic rings. The van der Waals surface area contributed by atoms with Crippen LogP contribution in [0.5, 0.6) is 11.5 Å². The molecule has 0 aliphatic carbocycles. The standard InChI is InChI=1S/C27H32N4O5/c1-4-19-7-9-20(10-8-19)26(33)30-14-12-29(13-15-30)25(32)6-5-11-31-18-28-22-17-24(36-3)23(35-2)16-21(22)27(31)34/h7-10,16-18H,4-6,11-15H2,1-3H3. The van der Waals surface area contributed by atoms with E-state index in [0.717, 1.165) is 6.42 Å². The zero-order valence-corrected chi connectivity index (χ0v) is 21.0. The summed E-state index contributed by atoms with van der Waals surface area (Å²) in [6, 6.07) is 11.0. The number of hydrogen-bond acceptors (Lipinski definition) is 6. The second kappa shape index (κ2) is 11.2. The Hall–Kier alpha value is -3.88. The number of ether oxygens (including phenoxy) is 2. The molecule has 1 aromatic heterocycles. The maximum atomic E-state index is 12.9. The van der Waals surface area contributed by atoms with E-state index in [4.69, 9.17) is 9.47 Å². The Bertz CT molecular complexity index is 1290. The number of rotatable bonds is 8. The van der Waals surface area contributed by atoms with Crippen LogP contribution in [0.1, 0.15) is 35.7 Å². The third-order valence-corrected chi connectivity index (χ3v) is 6.65. The number of carbonyl (C=O) groups excluding carboxylic acids is 2. The Balaban J connectivity index is 1.30. The van der Waals surface area contributed by atoms with Crippen LogP contribution in [-0.2, 0) is 17.8 Å². The van der Waals surface area contributed by atoms with Crippen LogP contribution in [0.3, 0.4) is 0 Å². The molecule has 1 aliphatic heterocycles. The van der Waals surface area contributed by atoms with Gasteiger partial charge in [0.1, 0.15) is 0 Å². The van der Waals surface area contributed by atoms with Crippen molar-refractivity contribution in [2.75, 3.05) is 40.4 Å². The molecule has 1 saturated heterocycles. The van der Waals surface area contributed by atoms with Crippen LogP contribution in [0.15, 0.2) is 47.5 Å². The van der Waals surface area contributed by atoms with Crippen LogP contribution in [0, 0.1) is 0 Å². The number of aryl methyl sites for hydroxylation is 2. The van der Waals surface area contributed by atoms with Gasteiger partial charge in [-0.3, -0.25) is 19.0 Å². The van der Waals surface area contributed by atoms with E-state index in [9.17, 15) is 14.4 Å². The van der Waals surface area contributed by atoms with Crippen LogP contribution in [-0.4, -0.2) is 71.6 Å². The summed E-state index contributed by atoms with van der Waals surface area (Å²) in [6.45, 7) is 4.51. The van der Waals surface area contributed by atoms with Gasteiger partial charge in [-0.15, -0.1) is 0 Å². The zero-order chi connectivity index (χ0) is 25.7. The van der Waals surface area contributed by atoms with E-state index in [1.165, 1.54) is 30.7 Å². The minimum Gasteiger partial charge on any atom is -0.493 e. The Morgan fingerprint density at radius 2 is 1.58 bits per heavy atom. The SMILES string of the molecule is CCc1ccc(C(=O)N2CCN(C(=O)CCCn3cnc4cc(OC)c(OC)cc4c3=O)CC2)cc1. The van der Waals surface area contributed by atoms with E-state index in [-0.39, 0.29) is 17.4 Å². The molecular weight excluding hydrogens is 460 g/mol. The van der Waals surface area contributed by atoms with Crippen molar-refractivity contribution in [3.05, 3.63) is 64.2 Å². The van der Waals surface area contributed by atoms with Gasteiger partial charge < -0.3 is 19.3 Å². The van der Waals surface area contributed by atoms with Crippen LogP contribution in [0.25, 0.3) is 10.9 Å². The molecule has 0 N–H and O–H groups in total. The highest BCUT2D eigenvalue weighted by Gasteiger charge is 2.24. The van der Waals surface area contributed by atoms with Gasteiger partial charge in [0, 0.05) is 50.8 Å². The number of benzene rings is 2. The molecule has 36 heavy (non-hydrogen) atoms. The van der Waals surface area contributed by atoms with Gasteiger partial charge in [-0.05, 0) is 36.6 Å². The Morgan fingerprint density at radius 3 is 2.22 bits per heavy atom. The second-order valence-electron chi connectivity index (χ2n) is 8.79. The molecule has 4 rings (SSSR count). The largest absolute Gasteiger partial charge is 0.493 e. The summed E-state index contributed by atoms with van der Waals surface area (Å²) in [5, 5.41) is 0.437. The summed E-state index contributed by atoms with van der Waals surface area (Å²) >= 11 is 0. The first-order chi connectivity index (χ1) is 17.4. The highest BCUT2D eigenvalue weighted by atomic mass is 16.5. The number of piperazine rings is 1. The summed E-state index contributed by atoms with van der Waals surface area (Å²) in [7, 11) is 3.05. The molecule has 0 spiro atoms. The maximum absolute atomic E-state index is 12.9. The molecule has 2 heterocycles. The smallest absolute Gasteiger partial charge is 0.261 e. The van der Waals surface area contributed by atoms with E-state index in [0.29, 0.717) is 73.5 Å². The van der Waals surface area contributed by atoms with Crippen molar-refractivity contribution in [1.82, 2.24) is 19.4 Å². The molecule has 1 aliphatic rings. The molecule has 1 fully saturated rings. The monoisotopic (exact) mass is 492 g/mol. The fourth-order valence-electron chi connectivity index (χ4n) is 4.43. The van der Waals surface area contributed by atoms with Crippen molar-refractivity contribution in [3.8, 4) is 11.5 Å². The lowest BCUT2D eigenvalue weighted by Crippen LogP contribution is -2.50. The van der Waals surface area contributed by atoms with Crippen LogP contribution >= 0.6 is 0 Å². The van der Waals surface area contributed by atoms with Gasteiger partial charge >= 0.3 is 0 Å². The zero-order valence-electron chi connectivity index (χ0n) is 21.0. The first kappa shape index (κ1) is 25.2. The lowest BCUT2D eigenvalue weighted by Gasteiger charge is -2.35. The lowest BCUT2D eigenvalue weighted by molar-refractivity contribution is -0.132.